The second-order valence-corrected chi connectivity index (χ2v) is 5.62. The highest BCUT2D eigenvalue weighted by molar-refractivity contribution is 7.99. The van der Waals surface area contributed by atoms with Gasteiger partial charge in [-0.15, -0.1) is 11.8 Å². The van der Waals surface area contributed by atoms with Crippen LogP contribution in [0.1, 0.15) is 11.1 Å². The van der Waals surface area contributed by atoms with Gasteiger partial charge in [-0.25, -0.2) is 4.39 Å². The predicted molar refractivity (Wildman–Crippen MR) is 73.9 cm³/mol. The van der Waals surface area contributed by atoms with Gasteiger partial charge in [0.25, 0.3) is 0 Å². The van der Waals surface area contributed by atoms with Crippen molar-refractivity contribution in [2.75, 3.05) is 5.75 Å². The van der Waals surface area contributed by atoms with Crippen LogP contribution in [0.25, 0.3) is 11.3 Å². The molecule has 2 atom stereocenters. The van der Waals surface area contributed by atoms with Gasteiger partial charge in [0.2, 0.25) is 0 Å². The maximum Gasteiger partial charge on any atom is 0.321 e. The van der Waals surface area contributed by atoms with Crippen LogP contribution in [0.4, 0.5) is 4.39 Å². The molecule has 0 saturated carbocycles. The van der Waals surface area contributed by atoms with E-state index < -0.39 is 12.0 Å². The van der Waals surface area contributed by atoms with E-state index in [1.165, 1.54) is 23.9 Å². The average molecular weight is 293 g/mol. The van der Waals surface area contributed by atoms with Crippen molar-refractivity contribution in [2.24, 2.45) is 0 Å². The van der Waals surface area contributed by atoms with E-state index in [1.54, 1.807) is 18.2 Å². The Labute approximate surface area is 119 Å². The lowest BCUT2D eigenvalue weighted by molar-refractivity contribution is -0.138. The number of nitrogens with one attached hydrogen (secondary N) is 1. The summed E-state index contributed by atoms with van der Waals surface area (Å²) >= 11 is 1.50. The highest BCUT2D eigenvalue weighted by Gasteiger charge is 2.32. The summed E-state index contributed by atoms with van der Waals surface area (Å²) in [6.45, 7) is 0. The molecular weight excluding hydrogens is 281 g/mol. The monoisotopic (exact) mass is 293 g/mol. The molecule has 6 heteroatoms. The summed E-state index contributed by atoms with van der Waals surface area (Å²) in [7, 11) is 0. The van der Waals surface area contributed by atoms with Gasteiger partial charge in [0.1, 0.15) is 28.8 Å². The zero-order valence-corrected chi connectivity index (χ0v) is 11.2. The summed E-state index contributed by atoms with van der Waals surface area (Å²) in [6.07, 6.45) is 0. The minimum Gasteiger partial charge on any atom is -0.480 e. The van der Waals surface area contributed by atoms with Crippen molar-refractivity contribution in [3.05, 3.63) is 48.0 Å². The first-order valence-electron chi connectivity index (χ1n) is 6.09. The van der Waals surface area contributed by atoms with Crippen molar-refractivity contribution in [3.8, 4) is 11.3 Å². The number of furan rings is 1. The average Bonchev–Trinajstić information content (AvgIpc) is 3.08. The van der Waals surface area contributed by atoms with Gasteiger partial charge in [-0.1, -0.05) is 0 Å². The Hall–Kier alpha value is -1.79. The van der Waals surface area contributed by atoms with Crippen molar-refractivity contribution in [3.63, 3.8) is 0 Å². The number of halogens is 1. The molecule has 1 saturated heterocycles. The molecule has 2 unspecified atom stereocenters. The van der Waals surface area contributed by atoms with Gasteiger partial charge < -0.3 is 9.52 Å². The third kappa shape index (κ3) is 2.57. The van der Waals surface area contributed by atoms with Crippen LogP contribution in [-0.4, -0.2) is 22.9 Å². The molecule has 2 aromatic rings. The Kier molecular flexibility index (Phi) is 3.50. The quantitative estimate of drug-likeness (QED) is 0.911. The molecule has 0 amide bonds. The lowest BCUT2D eigenvalue weighted by Gasteiger charge is -2.07. The van der Waals surface area contributed by atoms with Crippen LogP contribution >= 0.6 is 11.8 Å². The van der Waals surface area contributed by atoms with Crippen LogP contribution in [0.2, 0.25) is 0 Å². The second-order valence-electron chi connectivity index (χ2n) is 4.48. The van der Waals surface area contributed by atoms with E-state index in [1.807, 2.05) is 6.07 Å². The summed E-state index contributed by atoms with van der Waals surface area (Å²) in [4.78, 5) is 10.9. The van der Waals surface area contributed by atoms with Gasteiger partial charge in [0.05, 0.1) is 0 Å². The lowest BCUT2D eigenvalue weighted by atomic mass is 10.2. The van der Waals surface area contributed by atoms with Crippen molar-refractivity contribution >= 4 is 17.7 Å². The minimum atomic E-state index is -0.856. The fraction of sp³-hybridized carbons (Fsp3) is 0.214. The molecule has 0 aliphatic carbocycles. The predicted octanol–water partition coefficient (Wildman–Crippen LogP) is 2.87. The standard InChI is InChI=1S/C14H12FNO3S/c15-9-3-1-8(2-4-9)11-5-6-12(19-11)13-16-10(7-20-13)14(17)18/h1-6,10,13,16H,7H2,(H,17,18). The fourth-order valence-electron chi connectivity index (χ4n) is 2.04. The number of benzene rings is 1. The SMILES string of the molecule is O=C(O)C1CSC(c2ccc(-c3ccc(F)cc3)o2)N1. The van der Waals surface area contributed by atoms with Gasteiger partial charge in [-0.3, -0.25) is 10.1 Å². The molecule has 0 bridgehead atoms. The smallest absolute Gasteiger partial charge is 0.321 e. The van der Waals surface area contributed by atoms with E-state index in [4.69, 9.17) is 9.52 Å². The third-order valence-corrected chi connectivity index (χ3v) is 4.32. The highest BCUT2D eigenvalue weighted by atomic mass is 32.2. The van der Waals surface area contributed by atoms with Gasteiger partial charge >= 0.3 is 5.97 Å². The lowest BCUT2D eigenvalue weighted by Crippen LogP contribution is -2.33. The number of aliphatic carboxylic acids is 1. The van der Waals surface area contributed by atoms with Crippen molar-refractivity contribution in [2.45, 2.75) is 11.4 Å². The van der Waals surface area contributed by atoms with Crippen LogP contribution in [0.5, 0.6) is 0 Å². The zero-order chi connectivity index (χ0) is 14.1. The van der Waals surface area contributed by atoms with Crippen LogP contribution in [-0.2, 0) is 4.79 Å². The van der Waals surface area contributed by atoms with E-state index in [0.29, 0.717) is 17.3 Å². The molecule has 2 heterocycles. The van der Waals surface area contributed by atoms with E-state index in [9.17, 15) is 9.18 Å². The van der Waals surface area contributed by atoms with Crippen LogP contribution in [0, 0.1) is 5.82 Å². The number of thioether (sulfide) groups is 1. The molecule has 1 aromatic carbocycles. The normalized spacial score (nSPS) is 22.1. The van der Waals surface area contributed by atoms with Crippen molar-refractivity contribution in [1.29, 1.82) is 0 Å². The Morgan fingerprint density at radius 3 is 2.70 bits per heavy atom. The molecular formula is C14H12FNO3S. The van der Waals surface area contributed by atoms with E-state index in [0.717, 1.165) is 5.56 Å². The summed E-state index contributed by atoms with van der Waals surface area (Å²) in [5.74, 6) is 0.675. The highest BCUT2D eigenvalue weighted by Crippen LogP contribution is 2.35. The first kappa shape index (κ1) is 13.2. The van der Waals surface area contributed by atoms with Crippen LogP contribution in [0.3, 0.4) is 0 Å². The Balaban J connectivity index is 1.77. The Morgan fingerprint density at radius 1 is 1.30 bits per heavy atom. The Bertz CT molecular complexity index is 626. The van der Waals surface area contributed by atoms with E-state index >= 15 is 0 Å². The summed E-state index contributed by atoms with van der Waals surface area (Å²) in [6, 6.07) is 9.11. The second kappa shape index (κ2) is 5.30. The molecule has 0 radical (unpaired) electrons. The molecule has 1 aliphatic heterocycles. The molecule has 0 spiro atoms. The Morgan fingerprint density at radius 2 is 2.05 bits per heavy atom. The number of hydrogen-bond donors (Lipinski definition) is 2. The van der Waals surface area contributed by atoms with Crippen LogP contribution < -0.4 is 5.32 Å². The third-order valence-electron chi connectivity index (χ3n) is 3.09. The summed E-state index contributed by atoms with van der Waals surface area (Å²) < 4.78 is 18.6. The molecule has 3 rings (SSSR count). The number of hydrogen-bond acceptors (Lipinski definition) is 4. The first-order valence-corrected chi connectivity index (χ1v) is 7.14. The first-order chi connectivity index (χ1) is 9.63. The van der Waals surface area contributed by atoms with Gasteiger partial charge in [0.15, 0.2) is 0 Å². The van der Waals surface area contributed by atoms with Crippen LogP contribution in [0.15, 0.2) is 40.8 Å². The van der Waals surface area contributed by atoms with Crippen molar-refractivity contribution < 1.29 is 18.7 Å². The summed E-state index contributed by atoms with van der Waals surface area (Å²) in [5.41, 5.74) is 0.787. The molecule has 104 valence electrons. The molecule has 20 heavy (non-hydrogen) atoms. The van der Waals surface area contributed by atoms with Gasteiger partial charge in [-0.05, 0) is 36.4 Å². The largest absolute Gasteiger partial charge is 0.480 e. The number of rotatable bonds is 3. The fourth-order valence-corrected chi connectivity index (χ4v) is 3.22. The molecule has 1 aliphatic rings. The van der Waals surface area contributed by atoms with Crippen molar-refractivity contribution in [1.82, 2.24) is 5.32 Å². The summed E-state index contributed by atoms with van der Waals surface area (Å²) in [5, 5.41) is 11.8. The minimum absolute atomic E-state index is 0.162. The molecule has 1 aromatic heterocycles. The molecule has 4 nitrogen and oxygen atoms in total. The van der Waals surface area contributed by atoms with Gasteiger partial charge in [0, 0.05) is 11.3 Å². The molecule has 1 fully saturated rings. The number of carbonyl (C=O) groups is 1. The number of carboxylic acids is 1. The zero-order valence-electron chi connectivity index (χ0n) is 10.4. The van der Waals surface area contributed by atoms with E-state index in [-0.39, 0.29) is 11.2 Å². The maximum atomic E-state index is 12.9. The van der Waals surface area contributed by atoms with Gasteiger partial charge in [-0.2, -0.15) is 0 Å². The van der Waals surface area contributed by atoms with E-state index in [2.05, 4.69) is 5.32 Å². The maximum absolute atomic E-state index is 12.9. The number of carboxylic acid groups (broad SMARTS) is 1. The molecule has 2 N–H and O–H groups in total. The topological polar surface area (TPSA) is 62.5 Å².